The van der Waals surface area contributed by atoms with Gasteiger partial charge in [-0.05, 0) is 57.6 Å². The van der Waals surface area contributed by atoms with E-state index in [1.807, 2.05) is 19.2 Å². The van der Waals surface area contributed by atoms with Crippen LogP contribution in [0.25, 0.3) is 10.9 Å². The van der Waals surface area contributed by atoms with Gasteiger partial charge in [0.1, 0.15) is 5.82 Å². The van der Waals surface area contributed by atoms with E-state index in [0.29, 0.717) is 11.0 Å². The molecule has 0 atom stereocenters. The molecule has 1 aromatic heterocycles. The van der Waals surface area contributed by atoms with Gasteiger partial charge in [-0.3, -0.25) is 0 Å². The fraction of sp³-hybridized carbons (Fsp3) is 0.125. The molecule has 0 amide bonds. The lowest BCUT2D eigenvalue weighted by atomic mass is 10.1. The van der Waals surface area contributed by atoms with E-state index in [1.54, 1.807) is 6.07 Å². The molecule has 0 aliphatic carbocycles. The molecule has 3 aromatic rings. The van der Waals surface area contributed by atoms with E-state index in [9.17, 15) is 4.39 Å². The molecule has 2 N–H and O–H groups in total. The van der Waals surface area contributed by atoms with E-state index < -0.39 is 0 Å². The Morgan fingerprint density at radius 1 is 1.25 bits per heavy atom. The number of aromatic nitrogens is 1. The van der Waals surface area contributed by atoms with Gasteiger partial charge in [0.15, 0.2) is 0 Å². The number of H-pyrrole nitrogens is 1. The third-order valence-corrected chi connectivity index (χ3v) is 4.02. The van der Waals surface area contributed by atoms with Gasteiger partial charge in [0, 0.05) is 18.4 Å². The Morgan fingerprint density at radius 2 is 2.10 bits per heavy atom. The summed E-state index contributed by atoms with van der Waals surface area (Å²) in [6, 6.07) is 11.6. The highest BCUT2D eigenvalue weighted by atomic mass is 79.9. The van der Waals surface area contributed by atoms with E-state index in [0.717, 1.165) is 16.8 Å². The molecule has 3 rings (SSSR count). The van der Waals surface area contributed by atoms with E-state index >= 15 is 0 Å². The number of nitrogens with one attached hydrogen (secondary N) is 2. The molecule has 2 nitrogen and oxygen atoms in total. The number of benzene rings is 2. The minimum Gasteiger partial charge on any atom is -0.381 e. The lowest BCUT2D eigenvalue weighted by Gasteiger charge is -2.11. The van der Waals surface area contributed by atoms with Crippen LogP contribution in [0.2, 0.25) is 0 Å². The molecule has 0 saturated heterocycles. The summed E-state index contributed by atoms with van der Waals surface area (Å²) >= 11 is 3.22. The van der Waals surface area contributed by atoms with Gasteiger partial charge in [-0.25, -0.2) is 4.39 Å². The monoisotopic (exact) mass is 332 g/mol. The normalized spacial score (nSPS) is 10.9. The first kappa shape index (κ1) is 13.2. The van der Waals surface area contributed by atoms with Crippen molar-refractivity contribution < 1.29 is 4.39 Å². The second kappa shape index (κ2) is 5.29. The Morgan fingerprint density at radius 3 is 2.95 bits per heavy atom. The second-order valence-electron chi connectivity index (χ2n) is 4.79. The average molecular weight is 333 g/mol. The smallest absolute Gasteiger partial charge is 0.137 e. The van der Waals surface area contributed by atoms with Crippen LogP contribution in [0.3, 0.4) is 0 Å². The van der Waals surface area contributed by atoms with Crippen molar-refractivity contribution in [1.82, 2.24) is 4.98 Å². The largest absolute Gasteiger partial charge is 0.381 e. The molecule has 0 unspecified atom stereocenters. The molecule has 0 aliphatic heterocycles. The summed E-state index contributed by atoms with van der Waals surface area (Å²) in [5.41, 5.74) is 4.15. The molecule has 0 aliphatic rings. The van der Waals surface area contributed by atoms with Crippen molar-refractivity contribution in [2.75, 3.05) is 5.32 Å². The van der Waals surface area contributed by atoms with Crippen molar-refractivity contribution in [1.29, 1.82) is 0 Å². The minimum absolute atomic E-state index is 0.237. The fourth-order valence-corrected chi connectivity index (χ4v) is 2.67. The average Bonchev–Trinajstić information content (AvgIpc) is 2.90. The zero-order valence-corrected chi connectivity index (χ0v) is 12.6. The van der Waals surface area contributed by atoms with Gasteiger partial charge in [0.2, 0.25) is 0 Å². The molecule has 2 aromatic carbocycles. The van der Waals surface area contributed by atoms with Crippen molar-refractivity contribution in [3.63, 3.8) is 0 Å². The number of aryl methyl sites for hydroxylation is 1. The second-order valence-corrected chi connectivity index (χ2v) is 5.65. The third-order valence-electron chi connectivity index (χ3n) is 3.41. The molecule has 102 valence electrons. The van der Waals surface area contributed by atoms with Crippen molar-refractivity contribution >= 4 is 32.5 Å². The number of hydrogen-bond acceptors (Lipinski definition) is 1. The van der Waals surface area contributed by atoms with Gasteiger partial charge in [-0.1, -0.05) is 18.2 Å². The number of para-hydroxylation sites is 1. The van der Waals surface area contributed by atoms with E-state index in [2.05, 4.69) is 44.4 Å². The van der Waals surface area contributed by atoms with Crippen LogP contribution in [0.1, 0.15) is 11.1 Å². The molecule has 0 bridgehead atoms. The maximum absolute atomic E-state index is 13.4. The summed E-state index contributed by atoms with van der Waals surface area (Å²) in [6.07, 6.45) is 1.94. The Labute approximate surface area is 125 Å². The van der Waals surface area contributed by atoms with E-state index in [-0.39, 0.29) is 5.82 Å². The summed E-state index contributed by atoms with van der Waals surface area (Å²) in [4.78, 5) is 3.25. The highest BCUT2D eigenvalue weighted by Crippen LogP contribution is 2.25. The number of hydrogen-bond donors (Lipinski definition) is 2. The highest BCUT2D eigenvalue weighted by Gasteiger charge is 2.06. The van der Waals surface area contributed by atoms with Crippen LogP contribution < -0.4 is 5.32 Å². The number of anilines is 1. The number of aromatic amines is 1. The van der Waals surface area contributed by atoms with E-state index in [1.165, 1.54) is 17.0 Å². The summed E-state index contributed by atoms with van der Waals surface area (Å²) in [6.45, 7) is 2.59. The van der Waals surface area contributed by atoms with E-state index in [4.69, 9.17) is 0 Å². The van der Waals surface area contributed by atoms with Crippen LogP contribution >= 0.6 is 15.9 Å². The first-order valence-electron chi connectivity index (χ1n) is 6.39. The van der Waals surface area contributed by atoms with Crippen molar-refractivity contribution in [2.24, 2.45) is 0 Å². The Bertz CT molecular complexity index is 764. The fourth-order valence-electron chi connectivity index (χ4n) is 2.32. The third kappa shape index (κ3) is 2.43. The molecule has 20 heavy (non-hydrogen) atoms. The Kier molecular flexibility index (Phi) is 3.49. The Hall–Kier alpha value is -1.81. The summed E-state index contributed by atoms with van der Waals surface area (Å²) in [5, 5.41) is 4.56. The van der Waals surface area contributed by atoms with Gasteiger partial charge in [-0.2, -0.15) is 0 Å². The summed E-state index contributed by atoms with van der Waals surface area (Å²) < 4.78 is 13.9. The lowest BCUT2D eigenvalue weighted by molar-refractivity contribution is 0.620. The van der Waals surface area contributed by atoms with Crippen LogP contribution in [0.15, 0.2) is 47.1 Å². The first-order valence-corrected chi connectivity index (χ1v) is 7.19. The molecule has 1 heterocycles. The zero-order valence-electron chi connectivity index (χ0n) is 11.0. The van der Waals surface area contributed by atoms with Gasteiger partial charge >= 0.3 is 0 Å². The number of rotatable bonds is 3. The maximum Gasteiger partial charge on any atom is 0.137 e. The lowest BCUT2D eigenvalue weighted by Crippen LogP contribution is -2.02. The molecule has 0 radical (unpaired) electrons. The first-order chi connectivity index (χ1) is 9.65. The van der Waals surface area contributed by atoms with Gasteiger partial charge in [-0.15, -0.1) is 0 Å². The van der Waals surface area contributed by atoms with Gasteiger partial charge in [0.25, 0.3) is 0 Å². The van der Waals surface area contributed by atoms with Crippen LogP contribution in [0.5, 0.6) is 0 Å². The maximum atomic E-state index is 13.4. The highest BCUT2D eigenvalue weighted by molar-refractivity contribution is 9.10. The summed E-state index contributed by atoms with van der Waals surface area (Å²) in [7, 11) is 0. The molecule has 0 spiro atoms. The van der Waals surface area contributed by atoms with Crippen molar-refractivity contribution in [2.45, 2.75) is 13.5 Å². The molecular formula is C16H14BrFN2. The van der Waals surface area contributed by atoms with Crippen LogP contribution in [-0.2, 0) is 6.54 Å². The van der Waals surface area contributed by atoms with Crippen LogP contribution in [0, 0.1) is 12.7 Å². The molecular weight excluding hydrogens is 319 g/mol. The topological polar surface area (TPSA) is 27.8 Å². The standard InChI is InChI=1S/C16H14BrFN2/c1-10-7-14(18)13(17)8-15(10)20-9-12-4-2-3-11-5-6-19-16(11)12/h2-8,19-20H,9H2,1H3. The van der Waals surface area contributed by atoms with Crippen LogP contribution in [0.4, 0.5) is 10.1 Å². The molecule has 0 fully saturated rings. The van der Waals surface area contributed by atoms with Crippen LogP contribution in [-0.4, -0.2) is 4.98 Å². The minimum atomic E-state index is -0.237. The molecule has 4 heteroatoms. The van der Waals surface area contributed by atoms with Gasteiger partial charge < -0.3 is 10.3 Å². The molecule has 0 saturated carbocycles. The number of halogens is 2. The van der Waals surface area contributed by atoms with Gasteiger partial charge in [0.05, 0.1) is 9.99 Å². The summed E-state index contributed by atoms with van der Waals surface area (Å²) in [5.74, 6) is -0.237. The zero-order chi connectivity index (χ0) is 14.1. The number of fused-ring (bicyclic) bond motifs is 1. The SMILES string of the molecule is Cc1cc(F)c(Br)cc1NCc1cccc2cc[nH]c12. The van der Waals surface area contributed by atoms with Crippen molar-refractivity contribution in [3.8, 4) is 0 Å². The van der Waals surface area contributed by atoms with Crippen molar-refractivity contribution in [3.05, 3.63) is 64.0 Å². The predicted octanol–water partition coefficient (Wildman–Crippen LogP) is 4.99. The quantitative estimate of drug-likeness (QED) is 0.694. The Balaban J connectivity index is 1.86. The predicted molar refractivity (Wildman–Crippen MR) is 84.5 cm³/mol.